The maximum atomic E-state index is 12.9. The Morgan fingerprint density at radius 2 is 2.16 bits per heavy atom. The van der Waals surface area contributed by atoms with E-state index in [0.29, 0.717) is 24.5 Å². The molecule has 0 aromatic heterocycles. The Morgan fingerprint density at radius 3 is 2.74 bits per heavy atom. The average Bonchev–Trinajstić information content (AvgIpc) is 3.15. The molecule has 1 aromatic carbocycles. The highest BCUT2D eigenvalue weighted by atomic mass is 19.3. The number of ether oxygens (including phenoxy) is 1. The third-order valence-electron chi connectivity index (χ3n) is 3.76. The molecule has 0 radical (unpaired) electrons. The maximum absolute atomic E-state index is 12.9. The molecule has 0 aliphatic heterocycles. The molecule has 1 aliphatic rings. The second-order valence-corrected chi connectivity index (χ2v) is 5.24. The third kappa shape index (κ3) is 3.56. The van der Waals surface area contributed by atoms with Crippen molar-refractivity contribution >= 4 is 11.4 Å². The predicted octanol–water partition coefficient (Wildman–Crippen LogP) is 3.44. The number of hydrogen-bond donors (Lipinski definition) is 2. The number of rotatable bonds is 7. The summed E-state index contributed by atoms with van der Waals surface area (Å²) in [6.07, 6.45) is 0.709. The molecule has 0 saturated heterocycles. The molecule has 0 bridgehead atoms. The van der Waals surface area contributed by atoms with Crippen LogP contribution in [-0.2, 0) is 4.74 Å². The van der Waals surface area contributed by atoms with Crippen LogP contribution < -0.4 is 11.1 Å². The summed E-state index contributed by atoms with van der Waals surface area (Å²) in [7, 11) is 1.68. The van der Waals surface area contributed by atoms with E-state index in [9.17, 15) is 8.78 Å². The van der Waals surface area contributed by atoms with Crippen molar-refractivity contribution in [1.82, 2.24) is 0 Å². The van der Waals surface area contributed by atoms with Crippen LogP contribution in [0.5, 0.6) is 0 Å². The van der Waals surface area contributed by atoms with Gasteiger partial charge in [0.15, 0.2) is 0 Å². The Kier molecular flexibility index (Phi) is 4.24. The number of halogens is 2. The van der Waals surface area contributed by atoms with E-state index >= 15 is 0 Å². The Morgan fingerprint density at radius 1 is 1.42 bits per heavy atom. The topological polar surface area (TPSA) is 47.3 Å². The van der Waals surface area contributed by atoms with Crippen molar-refractivity contribution in [2.24, 2.45) is 5.41 Å². The van der Waals surface area contributed by atoms with Crippen molar-refractivity contribution in [2.45, 2.75) is 25.7 Å². The van der Waals surface area contributed by atoms with E-state index in [1.54, 1.807) is 19.2 Å². The van der Waals surface area contributed by atoms with Crippen LogP contribution in [0, 0.1) is 5.41 Å². The first-order chi connectivity index (χ1) is 9.06. The van der Waals surface area contributed by atoms with Crippen molar-refractivity contribution in [3.05, 3.63) is 23.8 Å². The molecule has 1 saturated carbocycles. The van der Waals surface area contributed by atoms with Crippen LogP contribution >= 0.6 is 0 Å². The van der Waals surface area contributed by atoms with Gasteiger partial charge in [0.05, 0.1) is 0 Å². The van der Waals surface area contributed by atoms with E-state index in [1.165, 1.54) is 6.07 Å². The largest absolute Gasteiger partial charge is 0.399 e. The molecule has 0 unspecified atom stereocenters. The van der Waals surface area contributed by atoms with Gasteiger partial charge >= 0.3 is 0 Å². The van der Waals surface area contributed by atoms with Crippen molar-refractivity contribution in [3.8, 4) is 0 Å². The van der Waals surface area contributed by atoms with Gasteiger partial charge in [0.25, 0.3) is 6.43 Å². The van der Waals surface area contributed by atoms with Crippen molar-refractivity contribution < 1.29 is 13.5 Å². The maximum Gasteiger partial charge on any atom is 0.265 e. The number of anilines is 2. The fourth-order valence-electron chi connectivity index (χ4n) is 2.22. The van der Waals surface area contributed by atoms with Crippen molar-refractivity contribution in [2.75, 3.05) is 31.3 Å². The second kappa shape index (κ2) is 5.74. The van der Waals surface area contributed by atoms with E-state index in [4.69, 9.17) is 10.5 Å². The molecular formula is C14H20F2N2O. The molecule has 0 atom stereocenters. The number of nitrogen functional groups attached to an aromatic ring is 1. The van der Waals surface area contributed by atoms with E-state index in [-0.39, 0.29) is 11.0 Å². The molecule has 3 N–H and O–H groups in total. The summed E-state index contributed by atoms with van der Waals surface area (Å²) >= 11 is 0. The van der Waals surface area contributed by atoms with Gasteiger partial charge < -0.3 is 15.8 Å². The summed E-state index contributed by atoms with van der Waals surface area (Å²) in [5.41, 5.74) is 6.58. The molecule has 1 aromatic rings. The third-order valence-corrected chi connectivity index (χ3v) is 3.76. The predicted molar refractivity (Wildman–Crippen MR) is 72.5 cm³/mol. The molecule has 5 heteroatoms. The van der Waals surface area contributed by atoms with Crippen LogP contribution in [0.2, 0.25) is 0 Å². The summed E-state index contributed by atoms with van der Waals surface area (Å²) in [6.45, 7) is 1.42. The van der Waals surface area contributed by atoms with Gasteiger partial charge in [0, 0.05) is 37.2 Å². The Balaban J connectivity index is 1.99. The van der Waals surface area contributed by atoms with Crippen molar-refractivity contribution in [1.29, 1.82) is 0 Å². The smallest absolute Gasteiger partial charge is 0.265 e. The van der Waals surface area contributed by atoms with E-state index < -0.39 is 6.43 Å². The Hall–Kier alpha value is -1.36. The normalized spacial score (nSPS) is 16.6. The minimum Gasteiger partial charge on any atom is -0.399 e. The molecular weight excluding hydrogens is 250 g/mol. The summed E-state index contributed by atoms with van der Waals surface area (Å²) in [4.78, 5) is 0. The number of hydrogen-bond acceptors (Lipinski definition) is 3. The molecule has 19 heavy (non-hydrogen) atoms. The SMILES string of the molecule is COCCC1(CNc2ccc(N)cc2C(F)F)CC1. The molecule has 1 aliphatic carbocycles. The second-order valence-electron chi connectivity index (χ2n) is 5.24. The number of nitrogens with one attached hydrogen (secondary N) is 1. The van der Waals surface area contributed by atoms with Gasteiger partial charge in [-0.15, -0.1) is 0 Å². The van der Waals surface area contributed by atoms with E-state index in [2.05, 4.69) is 5.32 Å². The quantitative estimate of drug-likeness (QED) is 0.746. The Labute approximate surface area is 112 Å². The molecule has 1 fully saturated rings. The standard InChI is InChI=1S/C14H20F2N2O/c1-19-7-6-14(4-5-14)9-18-12-3-2-10(17)8-11(12)13(15)16/h2-3,8,13,18H,4-7,9,17H2,1H3. The zero-order chi connectivity index (χ0) is 13.9. The highest BCUT2D eigenvalue weighted by molar-refractivity contribution is 5.58. The van der Waals surface area contributed by atoms with Crippen LogP contribution in [0.1, 0.15) is 31.3 Å². The fourth-order valence-corrected chi connectivity index (χ4v) is 2.22. The first-order valence-electron chi connectivity index (χ1n) is 6.47. The molecule has 0 heterocycles. The lowest BCUT2D eigenvalue weighted by atomic mass is 10.0. The first kappa shape index (κ1) is 14.1. The van der Waals surface area contributed by atoms with Gasteiger partial charge in [-0.25, -0.2) is 8.78 Å². The van der Waals surface area contributed by atoms with Gasteiger partial charge in [0.1, 0.15) is 0 Å². The molecule has 0 spiro atoms. The summed E-state index contributed by atoms with van der Waals surface area (Å²) in [6, 6.07) is 4.61. The van der Waals surface area contributed by atoms with Crippen LogP contribution in [-0.4, -0.2) is 20.3 Å². The number of methoxy groups -OCH3 is 1. The summed E-state index contributed by atoms with van der Waals surface area (Å²) in [5.74, 6) is 0. The minimum absolute atomic E-state index is 0.0254. The number of alkyl halides is 2. The Bertz CT molecular complexity index is 433. The fraction of sp³-hybridized carbons (Fsp3) is 0.571. The van der Waals surface area contributed by atoms with Gasteiger partial charge in [-0.1, -0.05) is 0 Å². The number of nitrogens with two attached hydrogens (primary N) is 1. The number of benzene rings is 1. The highest BCUT2D eigenvalue weighted by Gasteiger charge is 2.41. The zero-order valence-corrected chi connectivity index (χ0v) is 11.1. The van der Waals surface area contributed by atoms with Crippen LogP contribution in [0.3, 0.4) is 0 Å². The van der Waals surface area contributed by atoms with Gasteiger partial charge in [0.2, 0.25) is 0 Å². The van der Waals surface area contributed by atoms with Crippen molar-refractivity contribution in [3.63, 3.8) is 0 Å². The summed E-state index contributed by atoms with van der Waals surface area (Å²) in [5, 5.41) is 3.14. The van der Waals surface area contributed by atoms with E-state index in [0.717, 1.165) is 19.3 Å². The van der Waals surface area contributed by atoms with Gasteiger partial charge in [-0.2, -0.15) is 0 Å². The lowest BCUT2D eigenvalue weighted by molar-refractivity contribution is 0.152. The minimum atomic E-state index is -2.51. The molecule has 3 nitrogen and oxygen atoms in total. The summed E-state index contributed by atoms with van der Waals surface area (Å²) < 4.78 is 30.9. The zero-order valence-electron chi connectivity index (χ0n) is 11.1. The lowest BCUT2D eigenvalue weighted by Gasteiger charge is -2.18. The van der Waals surface area contributed by atoms with Gasteiger partial charge in [-0.3, -0.25) is 0 Å². The van der Waals surface area contributed by atoms with Crippen LogP contribution in [0.25, 0.3) is 0 Å². The van der Waals surface area contributed by atoms with Crippen LogP contribution in [0.15, 0.2) is 18.2 Å². The van der Waals surface area contributed by atoms with Gasteiger partial charge in [-0.05, 0) is 42.9 Å². The molecule has 0 amide bonds. The highest BCUT2D eigenvalue weighted by Crippen LogP contribution is 2.49. The molecule has 106 valence electrons. The van der Waals surface area contributed by atoms with Crippen LogP contribution in [0.4, 0.5) is 20.2 Å². The van der Waals surface area contributed by atoms with E-state index in [1.807, 2.05) is 0 Å². The lowest BCUT2D eigenvalue weighted by Crippen LogP contribution is -2.18. The first-order valence-corrected chi connectivity index (χ1v) is 6.47. The monoisotopic (exact) mass is 270 g/mol. The molecule has 2 rings (SSSR count). The average molecular weight is 270 g/mol.